The zero-order valence-electron chi connectivity index (χ0n) is 29.8. The average molecular weight is 778 g/mol. The molecule has 4 heterocycles. The summed E-state index contributed by atoms with van der Waals surface area (Å²) >= 11 is 12.9. The number of likely N-dealkylation sites (tertiary alicyclic amines) is 2. The molecule has 3 aliphatic rings. The molecule has 7 rings (SSSR count). The molecule has 4 aromatic rings. The van der Waals surface area contributed by atoms with E-state index in [0.717, 1.165) is 24.1 Å². The number of carbonyl (C=O) groups excluding carboxylic acids is 2. The van der Waals surface area contributed by atoms with Gasteiger partial charge in [-0.3, -0.25) is 4.79 Å². The number of carboxylic acid groups (broad SMARTS) is 1. The number of halogens is 2. The number of methoxy groups -OCH3 is 1. The summed E-state index contributed by atoms with van der Waals surface area (Å²) in [5, 5.41) is 28.2. The molecule has 14 nitrogen and oxygen atoms in total. The number of benzene rings is 3. The van der Waals surface area contributed by atoms with Gasteiger partial charge in [0.25, 0.3) is 5.91 Å². The van der Waals surface area contributed by atoms with E-state index in [1.165, 1.54) is 12.0 Å². The fourth-order valence-electron chi connectivity index (χ4n) is 8.03. The van der Waals surface area contributed by atoms with Gasteiger partial charge in [-0.25, -0.2) is 9.59 Å². The van der Waals surface area contributed by atoms with Crippen LogP contribution in [0.5, 0.6) is 5.75 Å². The normalized spacial score (nSPS) is 21.5. The summed E-state index contributed by atoms with van der Waals surface area (Å²) in [7, 11) is 1.54. The number of piperidine rings is 1. The maximum atomic E-state index is 14.2. The molecule has 0 saturated carbocycles. The van der Waals surface area contributed by atoms with Gasteiger partial charge in [-0.05, 0) is 78.9 Å². The molecule has 0 bridgehead atoms. The number of rotatable bonds is 10. The number of carbonyl (C=O) groups is 3. The van der Waals surface area contributed by atoms with Crippen molar-refractivity contribution in [3.05, 3.63) is 93.5 Å². The Morgan fingerprint density at radius 1 is 0.981 bits per heavy atom. The zero-order chi connectivity index (χ0) is 37.9. The van der Waals surface area contributed by atoms with Crippen molar-refractivity contribution in [2.75, 3.05) is 59.6 Å². The van der Waals surface area contributed by atoms with Crippen LogP contribution in [0.15, 0.2) is 66.7 Å². The monoisotopic (exact) mass is 776 g/mol. The van der Waals surface area contributed by atoms with Crippen molar-refractivity contribution < 1.29 is 29.0 Å². The summed E-state index contributed by atoms with van der Waals surface area (Å²) in [4.78, 5) is 45.5. The number of aromatic nitrogens is 4. The van der Waals surface area contributed by atoms with Crippen molar-refractivity contribution in [3.8, 4) is 17.1 Å². The number of aromatic amines is 1. The summed E-state index contributed by atoms with van der Waals surface area (Å²) < 4.78 is 11.0. The minimum Gasteiger partial charge on any atom is -0.496 e. The second kappa shape index (κ2) is 15.9. The van der Waals surface area contributed by atoms with Gasteiger partial charge in [0, 0.05) is 43.7 Å². The SMILES string of the molecule is COc1ccc(-c2nn[nH]n2)cc1C(=O)N1CCC(CCN2CCC(NC(=O)N3CCOCC3C(=O)O)(c3ccccc3)CC2)(c2ccc(Cl)c(Cl)c2)C1. The third kappa shape index (κ3) is 7.61. The number of hydrogen-bond donors (Lipinski definition) is 3. The van der Waals surface area contributed by atoms with Gasteiger partial charge >= 0.3 is 12.0 Å². The van der Waals surface area contributed by atoms with E-state index in [9.17, 15) is 19.5 Å². The van der Waals surface area contributed by atoms with Gasteiger partial charge in [0.1, 0.15) is 5.75 Å². The lowest BCUT2D eigenvalue weighted by Crippen LogP contribution is -2.61. The maximum absolute atomic E-state index is 14.2. The molecule has 2 unspecified atom stereocenters. The van der Waals surface area contributed by atoms with Crippen molar-refractivity contribution in [1.29, 1.82) is 0 Å². The third-order valence-corrected chi connectivity index (χ3v) is 11.9. The number of morpholine rings is 1. The number of carboxylic acids is 1. The predicted molar refractivity (Wildman–Crippen MR) is 201 cm³/mol. The fraction of sp³-hybridized carbons (Fsp3) is 0.421. The van der Waals surface area contributed by atoms with E-state index in [4.69, 9.17) is 32.7 Å². The molecule has 3 fully saturated rings. The number of amides is 3. The van der Waals surface area contributed by atoms with Crippen LogP contribution in [0.3, 0.4) is 0 Å². The Morgan fingerprint density at radius 3 is 2.48 bits per heavy atom. The second-order valence-corrected chi connectivity index (χ2v) is 14.9. The van der Waals surface area contributed by atoms with E-state index < -0.39 is 29.0 Å². The quantitative estimate of drug-likeness (QED) is 0.203. The van der Waals surface area contributed by atoms with Gasteiger partial charge in [0.05, 0.1) is 41.5 Å². The third-order valence-electron chi connectivity index (χ3n) is 11.2. The molecule has 2 atom stereocenters. The Labute approximate surface area is 322 Å². The Morgan fingerprint density at radius 2 is 1.78 bits per heavy atom. The van der Waals surface area contributed by atoms with Crippen LogP contribution in [0.1, 0.15) is 47.2 Å². The van der Waals surface area contributed by atoms with Crippen LogP contribution < -0.4 is 10.1 Å². The summed E-state index contributed by atoms with van der Waals surface area (Å²) in [6, 6.07) is 19.4. The number of tetrazole rings is 1. The number of hydrogen-bond acceptors (Lipinski definition) is 9. The molecule has 3 amide bonds. The van der Waals surface area contributed by atoms with Crippen LogP contribution in [-0.4, -0.2) is 124 Å². The first kappa shape index (κ1) is 37.6. The number of aliphatic carboxylic acids is 1. The van der Waals surface area contributed by atoms with Gasteiger partial charge in [-0.2, -0.15) is 5.21 Å². The number of nitrogens with one attached hydrogen (secondary N) is 2. The first-order valence-corrected chi connectivity index (χ1v) is 18.7. The van der Waals surface area contributed by atoms with E-state index in [0.29, 0.717) is 78.2 Å². The average Bonchev–Trinajstić information content (AvgIpc) is 3.91. The highest BCUT2D eigenvalue weighted by atomic mass is 35.5. The number of ether oxygens (including phenoxy) is 2. The highest BCUT2D eigenvalue weighted by Gasteiger charge is 2.44. The van der Waals surface area contributed by atoms with Gasteiger partial charge in [0.15, 0.2) is 6.04 Å². The fourth-order valence-corrected chi connectivity index (χ4v) is 8.32. The van der Waals surface area contributed by atoms with E-state index in [1.54, 1.807) is 18.2 Å². The molecule has 0 radical (unpaired) electrons. The van der Waals surface area contributed by atoms with Gasteiger partial charge in [-0.15, -0.1) is 10.2 Å². The van der Waals surface area contributed by atoms with Gasteiger partial charge in [0.2, 0.25) is 5.82 Å². The van der Waals surface area contributed by atoms with E-state index in [2.05, 4.69) is 30.8 Å². The Bertz CT molecular complexity index is 1980. The van der Waals surface area contributed by atoms with Crippen LogP contribution in [0.2, 0.25) is 10.0 Å². The second-order valence-electron chi connectivity index (χ2n) is 14.1. The zero-order valence-corrected chi connectivity index (χ0v) is 31.4. The van der Waals surface area contributed by atoms with Crippen LogP contribution >= 0.6 is 23.2 Å². The molecule has 3 saturated heterocycles. The van der Waals surface area contributed by atoms with E-state index in [-0.39, 0.29) is 25.7 Å². The first-order chi connectivity index (χ1) is 26.1. The molecule has 3 N–H and O–H groups in total. The number of urea groups is 1. The largest absolute Gasteiger partial charge is 0.496 e. The van der Waals surface area contributed by atoms with Crippen LogP contribution in [-0.2, 0) is 20.5 Å². The highest BCUT2D eigenvalue weighted by Crippen LogP contribution is 2.42. The Hall–Kier alpha value is -4.76. The van der Waals surface area contributed by atoms with Crippen molar-refractivity contribution in [1.82, 2.24) is 40.6 Å². The molecule has 3 aromatic carbocycles. The lowest BCUT2D eigenvalue weighted by atomic mass is 9.76. The lowest BCUT2D eigenvalue weighted by Gasteiger charge is -2.45. The first-order valence-electron chi connectivity index (χ1n) is 18.0. The van der Waals surface area contributed by atoms with E-state index >= 15 is 0 Å². The van der Waals surface area contributed by atoms with Crippen molar-refractivity contribution >= 4 is 41.1 Å². The smallest absolute Gasteiger partial charge is 0.328 e. The molecule has 0 aliphatic carbocycles. The topological polar surface area (TPSA) is 166 Å². The Balaban J connectivity index is 1.09. The molecule has 284 valence electrons. The number of nitrogens with zero attached hydrogens (tertiary/aromatic N) is 6. The number of H-pyrrole nitrogens is 1. The minimum absolute atomic E-state index is 0.0430. The van der Waals surface area contributed by atoms with E-state index in [1.807, 2.05) is 53.4 Å². The molecule has 0 spiro atoms. The predicted octanol–water partition coefficient (Wildman–Crippen LogP) is 4.84. The molecule has 54 heavy (non-hydrogen) atoms. The summed E-state index contributed by atoms with van der Waals surface area (Å²) in [5.74, 6) is -0.422. The van der Waals surface area contributed by atoms with Crippen molar-refractivity contribution in [2.24, 2.45) is 0 Å². The molecule has 16 heteroatoms. The standard InChI is InChI=1S/C38H42Cl2N8O6/c1-53-32-10-7-25(33-42-44-45-43-33)21-28(32)34(49)47-18-12-37(24-47,27-8-9-29(39)30(40)22-27)11-15-46-16-13-38(14-17-46,26-5-3-2-4-6-26)41-36(52)48-19-20-54-23-31(48)35(50)51/h2-10,21-22,31H,11-20,23-24H2,1H3,(H,41,52)(H,50,51)(H,42,43,44,45). The summed E-state index contributed by atoms with van der Waals surface area (Å²) in [6.07, 6.45) is 2.72. The molecular formula is C38H42Cl2N8O6. The van der Waals surface area contributed by atoms with Gasteiger partial charge < -0.3 is 34.6 Å². The molecular weight excluding hydrogens is 735 g/mol. The lowest BCUT2D eigenvalue weighted by molar-refractivity contribution is -0.147. The summed E-state index contributed by atoms with van der Waals surface area (Å²) in [5.41, 5.74) is 1.96. The highest BCUT2D eigenvalue weighted by molar-refractivity contribution is 6.42. The van der Waals surface area contributed by atoms with Gasteiger partial charge in [-0.1, -0.05) is 59.6 Å². The van der Waals surface area contributed by atoms with Crippen LogP contribution in [0.25, 0.3) is 11.4 Å². The van der Waals surface area contributed by atoms with Crippen LogP contribution in [0.4, 0.5) is 4.79 Å². The molecule has 3 aliphatic heterocycles. The minimum atomic E-state index is -1.09. The maximum Gasteiger partial charge on any atom is 0.328 e. The van der Waals surface area contributed by atoms with Crippen molar-refractivity contribution in [3.63, 3.8) is 0 Å². The summed E-state index contributed by atoms with van der Waals surface area (Å²) in [6.45, 7) is 3.56. The van der Waals surface area contributed by atoms with Crippen LogP contribution in [0, 0.1) is 0 Å². The van der Waals surface area contributed by atoms with Crippen molar-refractivity contribution in [2.45, 2.75) is 42.7 Å². The Kier molecular flexibility index (Phi) is 11.1. The molecule has 1 aromatic heterocycles.